The third-order valence-electron chi connectivity index (χ3n) is 1.82. The third-order valence-corrected chi connectivity index (χ3v) is 2.32. The van der Waals surface area contributed by atoms with E-state index in [1.807, 2.05) is 0 Å². The molecule has 0 aliphatic heterocycles. The summed E-state index contributed by atoms with van der Waals surface area (Å²) in [6, 6.07) is 5.09. The number of halogens is 1. The highest BCUT2D eigenvalue weighted by atomic mass is 79.9. The predicted octanol–water partition coefficient (Wildman–Crippen LogP) is 1.95. The zero-order chi connectivity index (χ0) is 10.7. The van der Waals surface area contributed by atoms with Crippen LogP contribution in [0, 0.1) is 0 Å². The Kier molecular flexibility index (Phi) is 3.66. The van der Waals surface area contributed by atoms with Crippen molar-refractivity contribution in [3.05, 3.63) is 28.2 Å². The summed E-state index contributed by atoms with van der Waals surface area (Å²) in [6.07, 6.45) is 0.320. The van der Waals surface area contributed by atoms with Gasteiger partial charge in [0.15, 0.2) is 5.78 Å². The molecule has 0 fully saturated rings. The second kappa shape index (κ2) is 4.57. The lowest BCUT2D eigenvalue weighted by Crippen LogP contribution is -2.20. The van der Waals surface area contributed by atoms with E-state index in [0.29, 0.717) is 17.7 Å². The van der Waals surface area contributed by atoms with Gasteiger partial charge in [0.05, 0.1) is 0 Å². The first kappa shape index (κ1) is 11.2. The fourth-order valence-corrected chi connectivity index (χ4v) is 1.53. The summed E-state index contributed by atoms with van der Waals surface area (Å²) in [7, 11) is 0. The zero-order valence-electron chi connectivity index (χ0n) is 7.96. The lowest BCUT2D eigenvalue weighted by Gasteiger charge is -2.07. The summed E-state index contributed by atoms with van der Waals surface area (Å²) >= 11 is 3.29. The van der Waals surface area contributed by atoms with E-state index in [1.165, 1.54) is 0 Å². The molecule has 14 heavy (non-hydrogen) atoms. The highest BCUT2D eigenvalue weighted by Gasteiger charge is 2.11. The van der Waals surface area contributed by atoms with Crippen molar-refractivity contribution >= 4 is 27.4 Å². The first-order valence-corrected chi connectivity index (χ1v) is 5.14. The first-order valence-electron chi connectivity index (χ1n) is 4.34. The van der Waals surface area contributed by atoms with Crippen molar-refractivity contribution in [3.8, 4) is 0 Å². The number of carbonyl (C=O) groups excluding carboxylic acids is 1. The van der Waals surface area contributed by atoms with Crippen molar-refractivity contribution < 1.29 is 4.79 Å². The lowest BCUT2D eigenvalue weighted by atomic mass is 10.0. The average Bonchev–Trinajstić information content (AvgIpc) is 2.08. The molecule has 0 aliphatic rings. The molecular formula is C10H13BrN2O. The second-order valence-electron chi connectivity index (χ2n) is 3.34. The minimum atomic E-state index is -0.138. The Morgan fingerprint density at radius 3 is 2.79 bits per heavy atom. The summed E-state index contributed by atoms with van der Waals surface area (Å²) < 4.78 is 0.847. The van der Waals surface area contributed by atoms with Crippen LogP contribution in [0.5, 0.6) is 0 Å². The van der Waals surface area contributed by atoms with E-state index < -0.39 is 0 Å². The molecule has 0 spiro atoms. The molecule has 1 rings (SSSR count). The minimum absolute atomic E-state index is 0.0150. The number of nitrogens with two attached hydrogens (primary N) is 2. The number of ketones is 1. The Bertz CT molecular complexity index is 350. The SMILES string of the molecule is CC(N)CC(=O)c1cc(Br)ccc1N. The number of benzene rings is 1. The topological polar surface area (TPSA) is 69.1 Å². The van der Waals surface area contributed by atoms with Crippen LogP contribution in [0.15, 0.2) is 22.7 Å². The van der Waals surface area contributed by atoms with Crippen LogP contribution < -0.4 is 11.5 Å². The van der Waals surface area contributed by atoms with Crippen molar-refractivity contribution in [2.75, 3.05) is 5.73 Å². The molecule has 76 valence electrons. The maximum Gasteiger partial charge on any atom is 0.166 e. The van der Waals surface area contributed by atoms with Crippen molar-refractivity contribution in [2.24, 2.45) is 5.73 Å². The van der Waals surface area contributed by atoms with Crippen LogP contribution in [0.1, 0.15) is 23.7 Å². The summed E-state index contributed by atoms with van der Waals surface area (Å²) in [4.78, 5) is 11.6. The van der Waals surface area contributed by atoms with Gasteiger partial charge in [-0.1, -0.05) is 15.9 Å². The van der Waals surface area contributed by atoms with Crippen LogP contribution in [0.2, 0.25) is 0 Å². The van der Waals surface area contributed by atoms with Gasteiger partial charge < -0.3 is 11.5 Å². The van der Waals surface area contributed by atoms with E-state index >= 15 is 0 Å². The van der Waals surface area contributed by atoms with Crippen molar-refractivity contribution in [2.45, 2.75) is 19.4 Å². The van der Waals surface area contributed by atoms with Crippen LogP contribution in [-0.4, -0.2) is 11.8 Å². The fourth-order valence-electron chi connectivity index (χ4n) is 1.17. The highest BCUT2D eigenvalue weighted by Crippen LogP contribution is 2.20. The molecule has 1 aromatic rings. The van der Waals surface area contributed by atoms with Gasteiger partial charge in [0.2, 0.25) is 0 Å². The van der Waals surface area contributed by atoms with Crippen molar-refractivity contribution in [1.82, 2.24) is 0 Å². The Balaban J connectivity index is 2.94. The lowest BCUT2D eigenvalue weighted by molar-refractivity contribution is 0.0977. The molecule has 4 heteroatoms. The van der Waals surface area contributed by atoms with Crippen LogP contribution in [0.3, 0.4) is 0 Å². The minimum Gasteiger partial charge on any atom is -0.398 e. The normalized spacial score (nSPS) is 12.5. The summed E-state index contributed by atoms with van der Waals surface area (Å²) in [5.74, 6) is -0.0150. The van der Waals surface area contributed by atoms with Gasteiger partial charge >= 0.3 is 0 Å². The maximum atomic E-state index is 11.6. The smallest absolute Gasteiger partial charge is 0.166 e. The molecule has 0 bridgehead atoms. The predicted molar refractivity (Wildman–Crippen MR) is 61.2 cm³/mol. The Morgan fingerprint density at radius 2 is 2.21 bits per heavy atom. The molecule has 1 atom stereocenters. The summed E-state index contributed by atoms with van der Waals surface area (Å²) in [5.41, 5.74) is 12.3. The van der Waals surface area contributed by atoms with Gasteiger partial charge in [-0.05, 0) is 25.1 Å². The number of Topliss-reactive ketones (excluding diaryl/α,β-unsaturated/α-hetero) is 1. The third kappa shape index (κ3) is 2.82. The first-order chi connectivity index (χ1) is 6.50. The molecule has 0 aliphatic carbocycles. The van der Waals surface area contributed by atoms with Gasteiger partial charge in [0.1, 0.15) is 0 Å². The van der Waals surface area contributed by atoms with Crippen LogP contribution in [0.25, 0.3) is 0 Å². The van der Waals surface area contributed by atoms with Crippen LogP contribution in [0.4, 0.5) is 5.69 Å². The van der Waals surface area contributed by atoms with Gasteiger partial charge in [-0.3, -0.25) is 4.79 Å². The van der Waals surface area contributed by atoms with Gasteiger partial charge in [0.25, 0.3) is 0 Å². The van der Waals surface area contributed by atoms with E-state index in [4.69, 9.17) is 11.5 Å². The number of carbonyl (C=O) groups is 1. The number of hydrogen-bond donors (Lipinski definition) is 2. The zero-order valence-corrected chi connectivity index (χ0v) is 9.54. The molecule has 0 aromatic heterocycles. The molecule has 0 saturated heterocycles. The molecule has 0 saturated carbocycles. The molecule has 3 nitrogen and oxygen atoms in total. The molecule has 0 heterocycles. The largest absolute Gasteiger partial charge is 0.398 e. The second-order valence-corrected chi connectivity index (χ2v) is 4.25. The molecule has 0 amide bonds. The molecule has 4 N–H and O–H groups in total. The molecule has 1 aromatic carbocycles. The number of rotatable bonds is 3. The quantitative estimate of drug-likeness (QED) is 0.642. The van der Waals surface area contributed by atoms with Crippen LogP contribution >= 0.6 is 15.9 Å². The van der Waals surface area contributed by atoms with Crippen molar-refractivity contribution in [3.63, 3.8) is 0 Å². The molecular weight excluding hydrogens is 244 g/mol. The Labute approximate surface area is 91.6 Å². The monoisotopic (exact) mass is 256 g/mol. The van der Waals surface area contributed by atoms with E-state index in [1.54, 1.807) is 25.1 Å². The Morgan fingerprint density at radius 1 is 1.57 bits per heavy atom. The fraction of sp³-hybridized carbons (Fsp3) is 0.300. The highest BCUT2D eigenvalue weighted by molar-refractivity contribution is 9.10. The maximum absolute atomic E-state index is 11.6. The Hall–Kier alpha value is -0.870. The van der Waals surface area contributed by atoms with E-state index in [0.717, 1.165) is 4.47 Å². The number of hydrogen-bond acceptors (Lipinski definition) is 3. The van der Waals surface area contributed by atoms with E-state index in [-0.39, 0.29) is 11.8 Å². The van der Waals surface area contributed by atoms with Crippen LogP contribution in [-0.2, 0) is 0 Å². The van der Waals surface area contributed by atoms with Gasteiger partial charge in [-0.15, -0.1) is 0 Å². The van der Waals surface area contributed by atoms with Crippen molar-refractivity contribution in [1.29, 1.82) is 0 Å². The molecule has 1 unspecified atom stereocenters. The van der Waals surface area contributed by atoms with Gasteiger partial charge in [-0.2, -0.15) is 0 Å². The van der Waals surface area contributed by atoms with E-state index in [9.17, 15) is 4.79 Å². The standard InChI is InChI=1S/C10H13BrN2O/c1-6(12)4-10(14)8-5-7(11)2-3-9(8)13/h2-3,5-6H,4,12-13H2,1H3. The van der Waals surface area contributed by atoms with Gasteiger partial charge in [-0.25, -0.2) is 0 Å². The number of anilines is 1. The number of nitrogen functional groups attached to an aromatic ring is 1. The average molecular weight is 257 g/mol. The molecule has 0 radical (unpaired) electrons. The summed E-state index contributed by atoms with van der Waals surface area (Å²) in [6.45, 7) is 1.80. The van der Waals surface area contributed by atoms with E-state index in [2.05, 4.69) is 15.9 Å². The summed E-state index contributed by atoms with van der Waals surface area (Å²) in [5, 5.41) is 0. The van der Waals surface area contributed by atoms with Gasteiger partial charge in [0, 0.05) is 28.2 Å².